The molecule has 1 aliphatic heterocycles. The highest BCUT2D eigenvalue weighted by atomic mass is 32.2. The molecule has 2 nitrogen and oxygen atoms in total. The molecule has 0 amide bonds. The Morgan fingerprint density at radius 2 is 2.42 bits per heavy atom. The highest BCUT2D eigenvalue weighted by Crippen LogP contribution is 2.16. The molecule has 2 N–H and O–H groups in total. The van der Waals surface area contributed by atoms with Crippen LogP contribution in [0.1, 0.15) is 13.8 Å². The minimum Gasteiger partial charge on any atom is -0.330 e. The van der Waals surface area contributed by atoms with Crippen molar-refractivity contribution >= 4 is 11.8 Å². The van der Waals surface area contributed by atoms with Gasteiger partial charge in [0.15, 0.2) is 0 Å². The van der Waals surface area contributed by atoms with Gasteiger partial charge in [-0.05, 0) is 19.4 Å². The van der Waals surface area contributed by atoms with E-state index in [0.717, 1.165) is 12.6 Å². The van der Waals surface area contributed by atoms with E-state index < -0.39 is 0 Å². The Balaban J connectivity index is 2.28. The molecular weight excluding hydrogens is 168 g/mol. The van der Waals surface area contributed by atoms with Crippen molar-refractivity contribution in [2.75, 3.05) is 31.1 Å². The van der Waals surface area contributed by atoms with Crippen LogP contribution in [-0.2, 0) is 0 Å². The first-order valence-corrected chi connectivity index (χ1v) is 5.91. The molecule has 72 valence electrons. The Labute approximate surface area is 79.9 Å². The van der Waals surface area contributed by atoms with Crippen LogP contribution in [0.4, 0.5) is 0 Å². The van der Waals surface area contributed by atoms with E-state index in [1.54, 1.807) is 0 Å². The molecule has 2 atom stereocenters. The number of hydrogen-bond acceptors (Lipinski definition) is 3. The van der Waals surface area contributed by atoms with Gasteiger partial charge in [-0.25, -0.2) is 0 Å². The largest absolute Gasteiger partial charge is 0.330 e. The number of nitrogens with zero attached hydrogens (tertiary/aromatic N) is 1. The molecule has 1 rings (SSSR count). The molecule has 1 saturated heterocycles. The Hall–Kier alpha value is 0.270. The number of thioether (sulfide) groups is 1. The summed E-state index contributed by atoms with van der Waals surface area (Å²) in [4.78, 5) is 2.56. The summed E-state index contributed by atoms with van der Waals surface area (Å²) in [5.41, 5.74) is 5.60. The van der Waals surface area contributed by atoms with Crippen LogP contribution >= 0.6 is 11.8 Å². The Bertz CT molecular complexity index is 130. The molecule has 0 aliphatic carbocycles. The fraction of sp³-hybridized carbons (Fsp3) is 1.00. The van der Waals surface area contributed by atoms with Crippen LogP contribution in [-0.4, -0.2) is 42.1 Å². The lowest BCUT2D eigenvalue weighted by molar-refractivity contribution is 0.204. The van der Waals surface area contributed by atoms with Crippen LogP contribution < -0.4 is 5.73 Å². The van der Waals surface area contributed by atoms with Crippen molar-refractivity contribution in [2.24, 2.45) is 11.7 Å². The third-order valence-corrected chi connectivity index (χ3v) is 3.64. The third kappa shape index (κ3) is 2.96. The van der Waals surface area contributed by atoms with Gasteiger partial charge in [0.25, 0.3) is 0 Å². The van der Waals surface area contributed by atoms with Crippen molar-refractivity contribution in [1.29, 1.82) is 0 Å². The summed E-state index contributed by atoms with van der Waals surface area (Å²) in [5, 5.41) is 0. The maximum atomic E-state index is 5.60. The predicted molar refractivity (Wildman–Crippen MR) is 56.6 cm³/mol. The smallest absolute Gasteiger partial charge is 0.0158 e. The molecule has 0 aromatic heterocycles. The van der Waals surface area contributed by atoms with E-state index >= 15 is 0 Å². The summed E-state index contributed by atoms with van der Waals surface area (Å²) in [6.07, 6.45) is 0. The maximum absolute atomic E-state index is 5.60. The van der Waals surface area contributed by atoms with Crippen molar-refractivity contribution < 1.29 is 0 Å². The first kappa shape index (κ1) is 10.4. The van der Waals surface area contributed by atoms with Gasteiger partial charge in [-0.2, -0.15) is 11.8 Å². The lowest BCUT2D eigenvalue weighted by Gasteiger charge is -2.34. The van der Waals surface area contributed by atoms with Crippen LogP contribution in [0.2, 0.25) is 0 Å². The molecule has 0 aromatic rings. The van der Waals surface area contributed by atoms with E-state index in [4.69, 9.17) is 5.73 Å². The Morgan fingerprint density at radius 3 is 3.00 bits per heavy atom. The van der Waals surface area contributed by atoms with Gasteiger partial charge in [-0.15, -0.1) is 0 Å². The van der Waals surface area contributed by atoms with Gasteiger partial charge in [0.05, 0.1) is 0 Å². The minimum absolute atomic E-state index is 0.649. The molecule has 0 aromatic carbocycles. The Kier molecular flexibility index (Phi) is 4.40. The fourth-order valence-corrected chi connectivity index (χ4v) is 2.59. The second-order valence-corrected chi connectivity index (χ2v) is 4.91. The summed E-state index contributed by atoms with van der Waals surface area (Å²) >= 11 is 2.07. The van der Waals surface area contributed by atoms with Gasteiger partial charge in [0.2, 0.25) is 0 Å². The highest BCUT2D eigenvalue weighted by molar-refractivity contribution is 7.99. The van der Waals surface area contributed by atoms with Crippen LogP contribution in [0.25, 0.3) is 0 Å². The van der Waals surface area contributed by atoms with E-state index in [2.05, 4.69) is 30.5 Å². The Morgan fingerprint density at radius 1 is 1.67 bits per heavy atom. The van der Waals surface area contributed by atoms with Crippen LogP contribution in [0, 0.1) is 5.92 Å². The first-order chi connectivity index (χ1) is 5.74. The van der Waals surface area contributed by atoms with Gasteiger partial charge >= 0.3 is 0 Å². The zero-order valence-corrected chi connectivity index (χ0v) is 8.94. The minimum atomic E-state index is 0.649. The molecule has 1 heterocycles. The number of hydrogen-bond donors (Lipinski definition) is 1. The number of rotatable bonds is 3. The van der Waals surface area contributed by atoms with Crippen molar-refractivity contribution in [2.45, 2.75) is 19.9 Å². The zero-order valence-electron chi connectivity index (χ0n) is 8.12. The molecule has 3 heteroatoms. The second kappa shape index (κ2) is 5.10. The third-order valence-electron chi connectivity index (χ3n) is 2.45. The average Bonchev–Trinajstić information content (AvgIpc) is 2.09. The van der Waals surface area contributed by atoms with Gasteiger partial charge < -0.3 is 5.73 Å². The van der Waals surface area contributed by atoms with Crippen LogP contribution in [0.3, 0.4) is 0 Å². The van der Waals surface area contributed by atoms with E-state index in [1.165, 1.54) is 24.6 Å². The molecule has 12 heavy (non-hydrogen) atoms. The zero-order chi connectivity index (χ0) is 8.97. The quantitative estimate of drug-likeness (QED) is 0.717. The van der Waals surface area contributed by atoms with E-state index in [-0.39, 0.29) is 0 Å². The van der Waals surface area contributed by atoms with Gasteiger partial charge in [0, 0.05) is 30.6 Å². The van der Waals surface area contributed by atoms with Gasteiger partial charge in [0.1, 0.15) is 0 Å². The van der Waals surface area contributed by atoms with Crippen molar-refractivity contribution in [3.63, 3.8) is 0 Å². The molecule has 0 spiro atoms. The topological polar surface area (TPSA) is 29.3 Å². The standard InChI is InChI=1S/C9H20N2S/c1-8(5-10)6-11-3-4-12-7-9(11)2/h8-9H,3-7,10H2,1-2H3. The van der Waals surface area contributed by atoms with Crippen molar-refractivity contribution in [3.8, 4) is 0 Å². The molecule has 2 unspecified atom stereocenters. The van der Waals surface area contributed by atoms with Crippen molar-refractivity contribution in [1.82, 2.24) is 4.90 Å². The molecular formula is C9H20N2S. The number of nitrogens with two attached hydrogens (primary N) is 1. The van der Waals surface area contributed by atoms with Gasteiger partial charge in [-0.1, -0.05) is 6.92 Å². The summed E-state index contributed by atoms with van der Waals surface area (Å²) in [6.45, 7) is 7.79. The maximum Gasteiger partial charge on any atom is 0.0158 e. The van der Waals surface area contributed by atoms with Crippen molar-refractivity contribution in [3.05, 3.63) is 0 Å². The highest BCUT2D eigenvalue weighted by Gasteiger charge is 2.19. The molecule has 1 aliphatic rings. The lowest BCUT2D eigenvalue weighted by Crippen LogP contribution is -2.43. The van der Waals surface area contributed by atoms with E-state index in [0.29, 0.717) is 5.92 Å². The van der Waals surface area contributed by atoms with E-state index in [1.807, 2.05) is 0 Å². The summed E-state index contributed by atoms with van der Waals surface area (Å²) in [6, 6.07) is 0.748. The normalized spacial score (nSPS) is 28.8. The lowest BCUT2D eigenvalue weighted by atomic mass is 10.1. The monoisotopic (exact) mass is 188 g/mol. The first-order valence-electron chi connectivity index (χ1n) is 4.76. The molecule has 0 radical (unpaired) electrons. The molecule has 1 fully saturated rings. The SMILES string of the molecule is CC(CN)CN1CCSCC1C. The summed E-state index contributed by atoms with van der Waals surface area (Å²) in [5.74, 6) is 3.23. The fourth-order valence-electron chi connectivity index (χ4n) is 1.51. The van der Waals surface area contributed by atoms with Crippen LogP contribution in [0.5, 0.6) is 0 Å². The molecule has 0 saturated carbocycles. The average molecular weight is 188 g/mol. The summed E-state index contributed by atoms with van der Waals surface area (Å²) in [7, 11) is 0. The summed E-state index contributed by atoms with van der Waals surface area (Å²) < 4.78 is 0. The second-order valence-electron chi connectivity index (χ2n) is 3.76. The van der Waals surface area contributed by atoms with E-state index in [9.17, 15) is 0 Å². The molecule has 0 bridgehead atoms. The van der Waals surface area contributed by atoms with Gasteiger partial charge in [-0.3, -0.25) is 4.90 Å². The van der Waals surface area contributed by atoms with Crippen LogP contribution in [0.15, 0.2) is 0 Å². The predicted octanol–water partition coefficient (Wildman–Crippen LogP) is 1.02.